The maximum absolute atomic E-state index is 5.58. The van der Waals surface area contributed by atoms with Crippen molar-refractivity contribution in [1.29, 1.82) is 0 Å². The van der Waals surface area contributed by atoms with Gasteiger partial charge in [0, 0.05) is 25.3 Å². The first-order chi connectivity index (χ1) is 7.67. The lowest BCUT2D eigenvalue weighted by Gasteiger charge is -2.24. The second-order valence-electron chi connectivity index (χ2n) is 4.41. The fourth-order valence-corrected chi connectivity index (χ4v) is 1.82. The third-order valence-corrected chi connectivity index (χ3v) is 2.98. The van der Waals surface area contributed by atoms with Crippen molar-refractivity contribution < 1.29 is 0 Å². The zero-order valence-corrected chi connectivity index (χ0v) is 10.6. The van der Waals surface area contributed by atoms with Gasteiger partial charge in [-0.25, -0.2) is 0 Å². The van der Waals surface area contributed by atoms with Gasteiger partial charge in [0.2, 0.25) is 0 Å². The Morgan fingerprint density at radius 1 is 1.50 bits per heavy atom. The molecule has 3 nitrogen and oxygen atoms in total. The highest BCUT2D eigenvalue weighted by molar-refractivity contribution is 5.16. The van der Waals surface area contributed by atoms with Crippen LogP contribution in [0.5, 0.6) is 0 Å². The van der Waals surface area contributed by atoms with Gasteiger partial charge >= 0.3 is 0 Å². The summed E-state index contributed by atoms with van der Waals surface area (Å²) in [6, 6.07) is 4.78. The van der Waals surface area contributed by atoms with Crippen molar-refractivity contribution in [2.45, 2.75) is 45.8 Å². The number of nitrogens with two attached hydrogens (primary N) is 1. The Labute approximate surface area is 98.7 Å². The van der Waals surface area contributed by atoms with Crippen LogP contribution in [0.25, 0.3) is 0 Å². The normalized spacial score (nSPS) is 13.1. The summed E-state index contributed by atoms with van der Waals surface area (Å²) in [4.78, 5) is 6.58. The number of rotatable bonds is 6. The average Bonchev–Trinajstić information content (AvgIpc) is 2.29. The maximum atomic E-state index is 5.58. The van der Waals surface area contributed by atoms with Crippen LogP contribution in [0.4, 0.5) is 0 Å². The summed E-state index contributed by atoms with van der Waals surface area (Å²) in [5.74, 6) is 0. The van der Waals surface area contributed by atoms with Crippen LogP contribution in [-0.2, 0) is 13.1 Å². The molecule has 1 atom stereocenters. The zero-order chi connectivity index (χ0) is 12.0. The minimum atomic E-state index is 0.516. The van der Waals surface area contributed by atoms with Crippen LogP contribution in [0.15, 0.2) is 18.3 Å². The largest absolute Gasteiger partial charge is 0.325 e. The van der Waals surface area contributed by atoms with E-state index in [0.29, 0.717) is 12.6 Å². The van der Waals surface area contributed by atoms with E-state index in [1.807, 2.05) is 6.20 Å². The number of hydrogen-bond donors (Lipinski definition) is 1. The van der Waals surface area contributed by atoms with E-state index in [4.69, 9.17) is 5.73 Å². The standard InChI is InChI=1S/C13H23N3/c1-4-5-11(2)16(3)10-12-6-7-15-13(8-12)9-14/h6-8,11H,4-5,9-10,14H2,1-3H3. The molecular weight excluding hydrogens is 198 g/mol. The van der Waals surface area contributed by atoms with Crippen LogP contribution >= 0.6 is 0 Å². The van der Waals surface area contributed by atoms with E-state index in [1.54, 1.807) is 0 Å². The van der Waals surface area contributed by atoms with Crippen molar-refractivity contribution in [3.63, 3.8) is 0 Å². The minimum absolute atomic E-state index is 0.516. The Morgan fingerprint density at radius 2 is 2.25 bits per heavy atom. The molecule has 1 aromatic heterocycles. The topological polar surface area (TPSA) is 42.2 Å². The Morgan fingerprint density at radius 3 is 2.88 bits per heavy atom. The van der Waals surface area contributed by atoms with Gasteiger partial charge in [-0.15, -0.1) is 0 Å². The van der Waals surface area contributed by atoms with Gasteiger partial charge < -0.3 is 5.73 Å². The summed E-state index contributed by atoms with van der Waals surface area (Å²) < 4.78 is 0. The van der Waals surface area contributed by atoms with Crippen LogP contribution in [0, 0.1) is 0 Å². The summed E-state index contributed by atoms with van der Waals surface area (Å²) in [7, 11) is 2.17. The van der Waals surface area contributed by atoms with Gasteiger partial charge in [-0.2, -0.15) is 0 Å². The first-order valence-corrected chi connectivity index (χ1v) is 6.01. The molecule has 1 aromatic rings. The summed E-state index contributed by atoms with van der Waals surface area (Å²) in [5, 5.41) is 0. The lowest BCUT2D eigenvalue weighted by Crippen LogP contribution is -2.28. The van der Waals surface area contributed by atoms with Gasteiger partial charge in [-0.1, -0.05) is 13.3 Å². The smallest absolute Gasteiger partial charge is 0.0542 e. The molecule has 1 unspecified atom stereocenters. The highest BCUT2D eigenvalue weighted by Crippen LogP contribution is 2.10. The predicted octanol–water partition coefficient (Wildman–Crippen LogP) is 2.16. The Kier molecular flexibility index (Phi) is 5.43. The van der Waals surface area contributed by atoms with Crippen LogP contribution in [0.3, 0.4) is 0 Å². The van der Waals surface area contributed by atoms with Gasteiger partial charge in [0.05, 0.1) is 5.69 Å². The van der Waals surface area contributed by atoms with Crippen molar-refractivity contribution in [1.82, 2.24) is 9.88 Å². The molecule has 0 aliphatic rings. The zero-order valence-electron chi connectivity index (χ0n) is 10.6. The number of hydrogen-bond acceptors (Lipinski definition) is 3. The highest BCUT2D eigenvalue weighted by atomic mass is 15.1. The molecule has 1 heterocycles. The van der Waals surface area contributed by atoms with E-state index in [9.17, 15) is 0 Å². The fourth-order valence-electron chi connectivity index (χ4n) is 1.82. The Balaban J connectivity index is 2.58. The van der Waals surface area contributed by atoms with Crippen LogP contribution in [0.1, 0.15) is 37.9 Å². The molecule has 16 heavy (non-hydrogen) atoms. The van der Waals surface area contributed by atoms with Gasteiger partial charge in [0.25, 0.3) is 0 Å². The molecule has 0 saturated carbocycles. The molecule has 3 heteroatoms. The summed E-state index contributed by atoms with van der Waals surface area (Å²) >= 11 is 0. The molecule has 0 radical (unpaired) electrons. The van der Waals surface area contributed by atoms with Gasteiger partial charge in [-0.05, 0) is 38.1 Å². The Bertz CT molecular complexity index is 312. The summed E-state index contributed by atoms with van der Waals surface area (Å²) in [6.45, 7) is 5.98. The average molecular weight is 221 g/mol. The molecule has 0 saturated heterocycles. The third kappa shape index (κ3) is 3.91. The highest BCUT2D eigenvalue weighted by Gasteiger charge is 2.08. The molecule has 0 spiro atoms. The van der Waals surface area contributed by atoms with E-state index in [0.717, 1.165) is 12.2 Å². The molecule has 90 valence electrons. The molecule has 0 aliphatic heterocycles. The second kappa shape index (κ2) is 6.61. The molecule has 0 aliphatic carbocycles. The molecule has 1 rings (SSSR count). The van der Waals surface area contributed by atoms with Gasteiger partial charge in [0.15, 0.2) is 0 Å². The van der Waals surface area contributed by atoms with E-state index in [2.05, 4.69) is 42.9 Å². The monoisotopic (exact) mass is 221 g/mol. The second-order valence-corrected chi connectivity index (χ2v) is 4.41. The van der Waals surface area contributed by atoms with E-state index >= 15 is 0 Å². The van der Waals surface area contributed by atoms with Gasteiger partial charge in [-0.3, -0.25) is 9.88 Å². The lowest BCUT2D eigenvalue weighted by molar-refractivity contribution is 0.236. The molecule has 0 amide bonds. The maximum Gasteiger partial charge on any atom is 0.0542 e. The van der Waals surface area contributed by atoms with E-state index < -0.39 is 0 Å². The SMILES string of the molecule is CCCC(C)N(C)Cc1ccnc(CN)c1. The van der Waals surface area contributed by atoms with Crippen LogP contribution < -0.4 is 5.73 Å². The quantitative estimate of drug-likeness (QED) is 0.800. The van der Waals surface area contributed by atoms with Crippen molar-refractivity contribution in [2.24, 2.45) is 5.73 Å². The van der Waals surface area contributed by atoms with E-state index in [-0.39, 0.29) is 0 Å². The van der Waals surface area contributed by atoms with E-state index in [1.165, 1.54) is 18.4 Å². The Hall–Kier alpha value is -0.930. The summed E-state index contributed by atoms with van der Waals surface area (Å²) in [5.41, 5.74) is 7.84. The molecule has 2 N–H and O–H groups in total. The van der Waals surface area contributed by atoms with Gasteiger partial charge in [0.1, 0.15) is 0 Å². The number of pyridine rings is 1. The van der Waals surface area contributed by atoms with Crippen molar-refractivity contribution in [2.75, 3.05) is 7.05 Å². The third-order valence-electron chi connectivity index (χ3n) is 2.98. The van der Waals surface area contributed by atoms with Crippen LogP contribution in [-0.4, -0.2) is 23.0 Å². The number of nitrogens with zero attached hydrogens (tertiary/aromatic N) is 2. The lowest BCUT2D eigenvalue weighted by atomic mass is 10.1. The van der Waals surface area contributed by atoms with Crippen molar-refractivity contribution >= 4 is 0 Å². The molecule has 0 aromatic carbocycles. The van der Waals surface area contributed by atoms with Crippen molar-refractivity contribution in [3.05, 3.63) is 29.6 Å². The fraction of sp³-hybridized carbons (Fsp3) is 0.615. The molecular formula is C13H23N3. The molecule has 0 fully saturated rings. The first-order valence-electron chi connectivity index (χ1n) is 6.01. The van der Waals surface area contributed by atoms with Crippen LogP contribution in [0.2, 0.25) is 0 Å². The predicted molar refractivity (Wildman–Crippen MR) is 68.0 cm³/mol. The van der Waals surface area contributed by atoms with Crippen molar-refractivity contribution in [3.8, 4) is 0 Å². The number of aromatic nitrogens is 1. The molecule has 0 bridgehead atoms. The minimum Gasteiger partial charge on any atom is -0.325 e. The summed E-state index contributed by atoms with van der Waals surface area (Å²) in [6.07, 6.45) is 4.32. The first kappa shape index (κ1) is 13.1.